The maximum absolute atomic E-state index is 11.0. The smallest absolute Gasteiger partial charge is 0.276 e. The fourth-order valence-electron chi connectivity index (χ4n) is 1.90. The lowest BCUT2D eigenvalue weighted by atomic mass is 10.1. The monoisotopic (exact) mass is 287 g/mol. The molecule has 0 aromatic carbocycles. The highest BCUT2D eigenvalue weighted by atomic mass is 16.6. The van der Waals surface area contributed by atoms with Crippen LogP contribution in [0.1, 0.15) is 25.5 Å². The van der Waals surface area contributed by atoms with Gasteiger partial charge in [0.2, 0.25) is 0 Å². The average molecular weight is 287 g/mol. The van der Waals surface area contributed by atoms with Gasteiger partial charge in [-0.15, -0.1) is 0 Å². The van der Waals surface area contributed by atoms with Gasteiger partial charge in [0.15, 0.2) is 0 Å². The van der Waals surface area contributed by atoms with E-state index < -0.39 is 4.92 Å². The lowest BCUT2D eigenvalue weighted by molar-refractivity contribution is -0.384. The summed E-state index contributed by atoms with van der Waals surface area (Å²) in [6.45, 7) is 4.50. The van der Waals surface area contributed by atoms with Crippen LogP contribution >= 0.6 is 0 Å². The van der Waals surface area contributed by atoms with Crippen LogP contribution in [0.3, 0.4) is 0 Å². The van der Waals surface area contributed by atoms with Gasteiger partial charge < -0.3 is 10.6 Å². The van der Waals surface area contributed by atoms with Crippen LogP contribution in [0, 0.1) is 10.1 Å². The summed E-state index contributed by atoms with van der Waals surface area (Å²) in [5.41, 5.74) is 0.984. The van der Waals surface area contributed by atoms with Crippen molar-refractivity contribution < 1.29 is 4.92 Å². The van der Waals surface area contributed by atoms with Gasteiger partial charge in [-0.1, -0.05) is 6.07 Å². The Bertz CT molecular complexity index is 618. The molecule has 0 bridgehead atoms. The Morgan fingerprint density at radius 3 is 2.76 bits per heavy atom. The topological polar surface area (TPSA) is 93.0 Å². The molecule has 7 nitrogen and oxygen atoms in total. The third-order valence-electron chi connectivity index (χ3n) is 2.93. The zero-order chi connectivity index (χ0) is 15.2. The number of nitro groups is 1. The lowest BCUT2D eigenvalue weighted by Gasteiger charge is -2.15. The molecule has 0 aliphatic carbocycles. The van der Waals surface area contributed by atoms with Gasteiger partial charge in [-0.2, -0.15) is 0 Å². The molecule has 2 N–H and O–H groups in total. The number of nitrogens with zero attached hydrogens (tertiary/aromatic N) is 3. The number of aromatic nitrogens is 2. The van der Waals surface area contributed by atoms with E-state index in [-0.39, 0.29) is 11.7 Å². The maximum Gasteiger partial charge on any atom is 0.276 e. The van der Waals surface area contributed by atoms with Crippen LogP contribution in [0.15, 0.2) is 36.7 Å². The standard InChI is InChI=1S/C14H17N5O2/c1-3-16-13-7-12(19(20)21)8-14(18-13)17-10(2)11-5-4-6-15-9-11/h4-10H,3H2,1-2H3,(H2,16,17,18). The number of pyridine rings is 2. The Hall–Kier alpha value is -2.70. The van der Waals surface area contributed by atoms with E-state index in [9.17, 15) is 10.1 Å². The van der Waals surface area contributed by atoms with Crippen LogP contribution in [-0.2, 0) is 0 Å². The highest BCUT2D eigenvalue weighted by molar-refractivity contribution is 5.55. The first-order valence-electron chi connectivity index (χ1n) is 6.67. The highest BCUT2D eigenvalue weighted by Crippen LogP contribution is 2.23. The van der Waals surface area contributed by atoms with E-state index in [4.69, 9.17) is 0 Å². The predicted molar refractivity (Wildman–Crippen MR) is 81.3 cm³/mol. The quantitative estimate of drug-likeness (QED) is 0.626. The molecule has 1 atom stereocenters. The number of anilines is 2. The molecule has 2 rings (SSSR count). The first-order chi connectivity index (χ1) is 10.1. The fraction of sp³-hybridized carbons (Fsp3) is 0.286. The van der Waals surface area contributed by atoms with Crippen LogP contribution in [0.5, 0.6) is 0 Å². The molecule has 0 radical (unpaired) electrons. The number of hydrogen-bond acceptors (Lipinski definition) is 6. The second-order valence-corrected chi connectivity index (χ2v) is 4.54. The average Bonchev–Trinajstić information content (AvgIpc) is 2.48. The zero-order valence-electron chi connectivity index (χ0n) is 11.9. The summed E-state index contributed by atoms with van der Waals surface area (Å²) >= 11 is 0. The molecule has 0 saturated carbocycles. The van der Waals surface area contributed by atoms with Crippen LogP contribution in [0.2, 0.25) is 0 Å². The molecule has 0 aliphatic rings. The van der Waals surface area contributed by atoms with E-state index in [0.717, 1.165) is 5.56 Å². The zero-order valence-corrected chi connectivity index (χ0v) is 11.9. The summed E-state index contributed by atoms with van der Waals surface area (Å²) in [5, 5.41) is 17.1. The van der Waals surface area contributed by atoms with Gasteiger partial charge in [0.25, 0.3) is 5.69 Å². The molecule has 1 unspecified atom stereocenters. The van der Waals surface area contributed by atoms with Crippen molar-refractivity contribution in [2.24, 2.45) is 0 Å². The van der Waals surface area contributed by atoms with Crippen LogP contribution < -0.4 is 10.6 Å². The van der Waals surface area contributed by atoms with Gasteiger partial charge in [0.05, 0.1) is 23.1 Å². The molecule has 0 aliphatic heterocycles. The second kappa shape index (κ2) is 6.65. The summed E-state index contributed by atoms with van der Waals surface area (Å²) in [4.78, 5) is 18.9. The molecular formula is C14H17N5O2. The van der Waals surface area contributed by atoms with Crippen LogP contribution in [0.4, 0.5) is 17.3 Å². The number of rotatable bonds is 6. The van der Waals surface area contributed by atoms with E-state index in [2.05, 4.69) is 20.6 Å². The molecule has 0 fully saturated rings. The highest BCUT2D eigenvalue weighted by Gasteiger charge is 2.13. The van der Waals surface area contributed by atoms with Gasteiger partial charge in [0, 0.05) is 18.9 Å². The van der Waals surface area contributed by atoms with Crippen molar-refractivity contribution in [2.45, 2.75) is 19.9 Å². The first kappa shape index (κ1) is 14.7. The molecule has 110 valence electrons. The first-order valence-corrected chi connectivity index (χ1v) is 6.67. The van der Waals surface area contributed by atoms with E-state index in [0.29, 0.717) is 18.2 Å². The lowest BCUT2D eigenvalue weighted by Crippen LogP contribution is -2.10. The van der Waals surface area contributed by atoms with E-state index in [1.165, 1.54) is 12.1 Å². The molecule has 2 aromatic heterocycles. The number of nitrogens with one attached hydrogen (secondary N) is 2. The van der Waals surface area contributed by atoms with Gasteiger partial charge >= 0.3 is 0 Å². The normalized spacial score (nSPS) is 11.7. The summed E-state index contributed by atoms with van der Waals surface area (Å²) < 4.78 is 0. The molecule has 0 saturated heterocycles. The minimum absolute atomic E-state index is 0.00170. The van der Waals surface area contributed by atoms with Crippen molar-refractivity contribution in [3.8, 4) is 0 Å². The third-order valence-corrected chi connectivity index (χ3v) is 2.93. The summed E-state index contributed by atoms with van der Waals surface area (Å²) in [6, 6.07) is 6.57. The molecule has 0 amide bonds. The van der Waals surface area contributed by atoms with Gasteiger partial charge in [-0.3, -0.25) is 15.1 Å². The van der Waals surface area contributed by atoms with E-state index in [1.807, 2.05) is 26.0 Å². The van der Waals surface area contributed by atoms with Crippen molar-refractivity contribution in [3.63, 3.8) is 0 Å². The Balaban J connectivity index is 2.24. The van der Waals surface area contributed by atoms with Crippen molar-refractivity contribution in [2.75, 3.05) is 17.2 Å². The number of hydrogen-bond donors (Lipinski definition) is 2. The fourth-order valence-corrected chi connectivity index (χ4v) is 1.90. The Morgan fingerprint density at radius 1 is 1.38 bits per heavy atom. The van der Waals surface area contributed by atoms with Crippen molar-refractivity contribution in [1.82, 2.24) is 9.97 Å². The van der Waals surface area contributed by atoms with E-state index in [1.54, 1.807) is 12.4 Å². The second-order valence-electron chi connectivity index (χ2n) is 4.54. The summed E-state index contributed by atoms with van der Waals surface area (Å²) in [7, 11) is 0. The summed E-state index contributed by atoms with van der Waals surface area (Å²) in [6.07, 6.45) is 3.45. The van der Waals surface area contributed by atoms with Gasteiger partial charge in [0.1, 0.15) is 11.6 Å². The van der Waals surface area contributed by atoms with Crippen molar-refractivity contribution >= 4 is 17.3 Å². The maximum atomic E-state index is 11.0. The minimum atomic E-state index is -0.428. The van der Waals surface area contributed by atoms with Crippen molar-refractivity contribution in [1.29, 1.82) is 0 Å². The molecule has 2 aromatic rings. The predicted octanol–water partition coefficient (Wildman–Crippen LogP) is 2.99. The third kappa shape index (κ3) is 3.88. The molecule has 2 heterocycles. The SMILES string of the molecule is CCNc1cc([N+](=O)[O-])cc(NC(C)c2cccnc2)n1. The summed E-state index contributed by atoms with van der Waals surface area (Å²) in [5.74, 6) is 0.934. The Morgan fingerprint density at radius 2 is 2.14 bits per heavy atom. The molecular weight excluding hydrogens is 270 g/mol. The Kier molecular flexibility index (Phi) is 4.65. The largest absolute Gasteiger partial charge is 0.370 e. The molecule has 0 spiro atoms. The Labute approximate surface area is 122 Å². The van der Waals surface area contributed by atoms with Crippen LogP contribution in [0.25, 0.3) is 0 Å². The molecule has 7 heteroatoms. The van der Waals surface area contributed by atoms with Gasteiger partial charge in [-0.05, 0) is 25.5 Å². The van der Waals surface area contributed by atoms with Crippen molar-refractivity contribution in [3.05, 3.63) is 52.3 Å². The minimum Gasteiger partial charge on any atom is -0.370 e. The molecule has 21 heavy (non-hydrogen) atoms. The van der Waals surface area contributed by atoms with E-state index >= 15 is 0 Å². The van der Waals surface area contributed by atoms with Crippen LogP contribution in [-0.4, -0.2) is 21.4 Å². The van der Waals surface area contributed by atoms with Gasteiger partial charge in [-0.25, -0.2) is 4.98 Å².